The molecule has 1 aromatic heterocycles. The third kappa shape index (κ3) is 3.99. The molecule has 104 valence electrons. The van der Waals surface area contributed by atoms with Crippen LogP contribution in [0.1, 0.15) is 18.7 Å². The molecule has 0 fully saturated rings. The molecule has 1 heterocycles. The Balaban J connectivity index is 1.71. The number of hydrogen-bond donors (Lipinski definition) is 0. The molecule has 0 atom stereocenters. The van der Waals surface area contributed by atoms with E-state index in [1.165, 1.54) is 16.9 Å². The van der Waals surface area contributed by atoms with E-state index in [9.17, 15) is 4.39 Å². The van der Waals surface area contributed by atoms with E-state index in [0.717, 1.165) is 17.3 Å². The smallest absolute Gasteiger partial charge is 0.273 e. The maximum absolute atomic E-state index is 13.0. The third-order valence-electron chi connectivity index (χ3n) is 2.46. The Hall–Kier alpha value is -2.01. The lowest BCUT2D eigenvalue weighted by Crippen LogP contribution is -2.05. The van der Waals surface area contributed by atoms with E-state index in [1.54, 1.807) is 6.07 Å². The van der Waals surface area contributed by atoms with Crippen LogP contribution >= 0.6 is 15.9 Å². The van der Waals surface area contributed by atoms with Gasteiger partial charge in [0.15, 0.2) is 0 Å². The van der Waals surface area contributed by atoms with Gasteiger partial charge in [0.05, 0.1) is 17.6 Å². The van der Waals surface area contributed by atoms with Gasteiger partial charge in [0.2, 0.25) is 0 Å². The number of nitriles is 1. The number of hydrogen-bond acceptors (Lipinski definition) is 5. The summed E-state index contributed by atoms with van der Waals surface area (Å²) in [5.41, 5.74) is 0. The molecule has 0 amide bonds. The Morgan fingerprint density at radius 2 is 2.25 bits per heavy atom. The zero-order valence-corrected chi connectivity index (χ0v) is 12.0. The molecule has 0 radical (unpaired) electrons. The van der Waals surface area contributed by atoms with Crippen molar-refractivity contribution in [3.63, 3.8) is 0 Å². The fraction of sp³-hybridized carbons (Fsp3) is 0.333. The SMILES string of the molecule is N#Cc1nnn(CCCCOc2cc(F)ccc2Br)n1. The van der Waals surface area contributed by atoms with Crippen molar-refractivity contribution in [1.29, 1.82) is 5.26 Å². The summed E-state index contributed by atoms with van der Waals surface area (Å²) in [5.74, 6) is 0.208. The van der Waals surface area contributed by atoms with Gasteiger partial charge in [0.1, 0.15) is 17.6 Å². The van der Waals surface area contributed by atoms with Crippen LogP contribution in [0, 0.1) is 17.1 Å². The Morgan fingerprint density at radius 3 is 3.00 bits per heavy atom. The maximum Gasteiger partial charge on any atom is 0.273 e. The quantitative estimate of drug-likeness (QED) is 0.754. The van der Waals surface area contributed by atoms with Gasteiger partial charge < -0.3 is 4.74 Å². The minimum absolute atomic E-state index is 0.0601. The van der Waals surface area contributed by atoms with Gasteiger partial charge in [-0.25, -0.2) is 4.39 Å². The highest BCUT2D eigenvalue weighted by Gasteiger charge is 2.03. The predicted octanol–water partition coefficient (Wildman–Crippen LogP) is 2.31. The first-order valence-corrected chi connectivity index (χ1v) is 6.74. The molecule has 8 heteroatoms. The van der Waals surface area contributed by atoms with E-state index in [4.69, 9.17) is 10.00 Å². The molecule has 20 heavy (non-hydrogen) atoms. The van der Waals surface area contributed by atoms with E-state index < -0.39 is 0 Å². The monoisotopic (exact) mass is 339 g/mol. The molecular weight excluding hydrogens is 329 g/mol. The number of tetrazole rings is 1. The van der Waals surface area contributed by atoms with E-state index in [2.05, 4.69) is 31.3 Å². The van der Waals surface area contributed by atoms with Crippen LogP contribution in [0.3, 0.4) is 0 Å². The molecule has 0 unspecified atom stereocenters. The van der Waals surface area contributed by atoms with Crippen LogP contribution in [0.5, 0.6) is 5.75 Å². The van der Waals surface area contributed by atoms with E-state index >= 15 is 0 Å². The highest BCUT2D eigenvalue weighted by Crippen LogP contribution is 2.25. The van der Waals surface area contributed by atoms with Crippen molar-refractivity contribution in [3.8, 4) is 11.8 Å². The number of rotatable bonds is 6. The van der Waals surface area contributed by atoms with Crippen LogP contribution in [0.25, 0.3) is 0 Å². The van der Waals surface area contributed by atoms with Gasteiger partial charge in [0.25, 0.3) is 5.82 Å². The fourth-order valence-corrected chi connectivity index (χ4v) is 1.87. The van der Waals surface area contributed by atoms with Crippen LogP contribution in [-0.2, 0) is 6.54 Å². The van der Waals surface area contributed by atoms with Crippen LogP contribution < -0.4 is 4.74 Å². The van der Waals surface area contributed by atoms with Crippen molar-refractivity contribution in [2.24, 2.45) is 0 Å². The molecule has 0 bridgehead atoms. The maximum atomic E-state index is 13.0. The van der Waals surface area contributed by atoms with Crippen molar-refractivity contribution >= 4 is 15.9 Å². The zero-order chi connectivity index (χ0) is 14.4. The highest BCUT2D eigenvalue weighted by molar-refractivity contribution is 9.10. The molecule has 2 rings (SSSR count). The first-order chi connectivity index (χ1) is 9.69. The number of halogens is 2. The Labute approximate surface area is 123 Å². The number of benzene rings is 1. The fourth-order valence-electron chi connectivity index (χ4n) is 1.51. The molecule has 0 aliphatic rings. The van der Waals surface area contributed by atoms with E-state index in [1.807, 2.05) is 6.07 Å². The van der Waals surface area contributed by atoms with Gasteiger partial charge in [0, 0.05) is 6.07 Å². The topological polar surface area (TPSA) is 76.6 Å². The van der Waals surface area contributed by atoms with E-state index in [-0.39, 0.29) is 11.6 Å². The summed E-state index contributed by atoms with van der Waals surface area (Å²) in [4.78, 5) is 1.37. The lowest BCUT2D eigenvalue weighted by atomic mass is 10.3. The second-order valence-electron chi connectivity index (χ2n) is 3.95. The molecule has 0 aliphatic heterocycles. The molecular formula is C12H11BrFN5O. The average molecular weight is 340 g/mol. The standard InChI is InChI=1S/C12H11BrFN5O/c13-10-4-3-9(14)7-11(10)20-6-2-1-5-19-17-12(8-15)16-18-19/h3-4,7H,1-2,5-6H2. The first kappa shape index (κ1) is 14.4. The largest absolute Gasteiger partial charge is 0.492 e. The third-order valence-corrected chi connectivity index (χ3v) is 3.11. The number of nitrogens with zero attached hydrogens (tertiary/aromatic N) is 5. The van der Waals surface area contributed by atoms with Gasteiger partial charge in [-0.2, -0.15) is 10.1 Å². The van der Waals surface area contributed by atoms with Gasteiger partial charge >= 0.3 is 0 Å². The number of aryl methyl sites for hydroxylation is 1. The van der Waals surface area contributed by atoms with E-state index in [0.29, 0.717) is 18.9 Å². The van der Waals surface area contributed by atoms with Crippen LogP contribution in [0.15, 0.2) is 22.7 Å². The first-order valence-electron chi connectivity index (χ1n) is 5.95. The predicted molar refractivity (Wildman–Crippen MR) is 71.4 cm³/mol. The van der Waals surface area contributed by atoms with Crippen molar-refractivity contribution in [2.45, 2.75) is 19.4 Å². The molecule has 1 aromatic carbocycles. The van der Waals surface area contributed by atoms with Gasteiger partial charge in [-0.1, -0.05) is 5.10 Å². The van der Waals surface area contributed by atoms with Crippen molar-refractivity contribution in [1.82, 2.24) is 20.2 Å². The van der Waals surface area contributed by atoms with Crippen molar-refractivity contribution < 1.29 is 9.13 Å². The lowest BCUT2D eigenvalue weighted by Gasteiger charge is -2.07. The molecule has 0 aliphatic carbocycles. The molecule has 2 aromatic rings. The lowest BCUT2D eigenvalue weighted by molar-refractivity contribution is 0.296. The van der Waals surface area contributed by atoms with Crippen molar-refractivity contribution in [2.75, 3.05) is 6.61 Å². The van der Waals surface area contributed by atoms with Gasteiger partial charge in [-0.3, -0.25) is 0 Å². The Kier molecular flexibility index (Phi) is 5.01. The summed E-state index contributed by atoms with van der Waals surface area (Å²) in [6, 6.07) is 6.11. The zero-order valence-electron chi connectivity index (χ0n) is 10.5. The van der Waals surface area contributed by atoms with Crippen LogP contribution in [0.2, 0.25) is 0 Å². The van der Waals surface area contributed by atoms with Crippen LogP contribution in [-0.4, -0.2) is 26.8 Å². The minimum atomic E-state index is -0.334. The normalized spacial score (nSPS) is 10.2. The molecule has 0 saturated carbocycles. The Morgan fingerprint density at radius 1 is 1.40 bits per heavy atom. The molecule has 0 N–H and O–H groups in total. The van der Waals surface area contributed by atoms with Crippen molar-refractivity contribution in [3.05, 3.63) is 34.3 Å². The summed E-state index contributed by atoms with van der Waals surface area (Å²) in [6.45, 7) is 1.02. The summed E-state index contributed by atoms with van der Waals surface area (Å²) < 4.78 is 19.2. The Bertz CT molecular complexity index is 625. The summed E-state index contributed by atoms with van der Waals surface area (Å²) >= 11 is 3.29. The molecule has 0 spiro atoms. The van der Waals surface area contributed by atoms with Crippen LogP contribution in [0.4, 0.5) is 4.39 Å². The minimum Gasteiger partial charge on any atom is -0.492 e. The second kappa shape index (κ2) is 6.96. The summed E-state index contributed by atoms with van der Waals surface area (Å²) in [5, 5.41) is 19.7. The number of unbranched alkanes of at least 4 members (excludes halogenated alkanes) is 1. The molecule has 6 nitrogen and oxygen atoms in total. The second-order valence-corrected chi connectivity index (χ2v) is 4.81. The number of aromatic nitrogens is 4. The average Bonchev–Trinajstić information content (AvgIpc) is 2.90. The summed E-state index contributed by atoms with van der Waals surface area (Å²) in [7, 11) is 0. The molecule has 0 saturated heterocycles. The summed E-state index contributed by atoms with van der Waals surface area (Å²) in [6.07, 6.45) is 1.53. The van der Waals surface area contributed by atoms with Gasteiger partial charge in [-0.15, -0.1) is 5.10 Å². The number of ether oxygens (including phenoxy) is 1. The highest BCUT2D eigenvalue weighted by atomic mass is 79.9. The van der Waals surface area contributed by atoms with Gasteiger partial charge in [-0.05, 0) is 46.1 Å².